The molecule has 0 saturated carbocycles. The quantitative estimate of drug-likeness (QED) is 0.0550. The molecule has 0 bridgehead atoms. The number of urea groups is 1. The van der Waals surface area contributed by atoms with Gasteiger partial charge in [-0.05, 0) is 86.0 Å². The lowest BCUT2D eigenvalue weighted by atomic mass is 9.87. The number of nitrogens with one attached hydrogen (secondary N) is 2. The van der Waals surface area contributed by atoms with Crippen LogP contribution in [0.4, 0.5) is 26.2 Å². The number of amides is 2. The van der Waals surface area contributed by atoms with E-state index >= 15 is 4.39 Å². The van der Waals surface area contributed by atoms with Gasteiger partial charge in [0.15, 0.2) is 0 Å². The Balaban J connectivity index is 0.889. The van der Waals surface area contributed by atoms with Gasteiger partial charge in [-0.2, -0.15) is 0 Å². The maximum atomic E-state index is 15.8. The van der Waals surface area contributed by atoms with Crippen molar-refractivity contribution in [3.8, 4) is 11.4 Å². The van der Waals surface area contributed by atoms with E-state index in [-0.39, 0.29) is 30.6 Å². The summed E-state index contributed by atoms with van der Waals surface area (Å²) in [6, 6.07) is 30.3. The molecule has 2 aliphatic heterocycles. The Hall–Kier alpha value is -6.65. The van der Waals surface area contributed by atoms with Crippen LogP contribution in [0.5, 0.6) is 5.75 Å². The fourth-order valence-electron chi connectivity index (χ4n) is 8.11. The van der Waals surface area contributed by atoms with Gasteiger partial charge in [0, 0.05) is 60.2 Å². The normalized spacial score (nSPS) is 18.8. The number of nitrogens with two attached hydrogens (primary N) is 1. The minimum absolute atomic E-state index is 0.00213. The molecule has 2 fully saturated rings. The molecule has 2 aliphatic rings. The Morgan fingerprint density at radius 3 is 2.35 bits per heavy atom. The Bertz CT molecular complexity index is 2320. The number of anilines is 3. The number of nitrogens with zero attached hydrogens (tertiary/aromatic N) is 8. The average molecular weight is 859 g/mol. The predicted molar refractivity (Wildman–Crippen MR) is 244 cm³/mol. The highest BCUT2D eigenvalue weighted by Crippen LogP contribution is 2.41. The van der Waals surface area contributed by atoms with Crippen molar-refractivity contribution in [2.45, 2.75) is 51.0 Å². The molecule has 63 heavy (non-hydrogen) atoms. The molecule has 4 aromatic carbocycles. The van der Waals surface area contributed by atoms with Gasteiger partial charge in [0.1, 0.15) is 29.2 Å². The molecule has 16 heteroatoms. The lowest BCUT2D eigenvalue weighted by Crippen LogP contribution is -2.48. The van der Waals surface area contributed by atoms with Crippen molar-refractivity contribution in [1.29, 1.82) is 5.41 Å². The topological polar surface area (TPSA) is 163 Å². The van der Waals surface area contributed by atoms with Gasteiger partial charge in [-0.15, -0.1) is 0 Å². The van der Waals surface area contributed by atoms with Crippen LogP contribution in [0.2, 0.25) is 0 Å². The van der Waals surface area contributed by atoms with Crippen molar-refractivity contribution in [1.82, 2.24) is 15.1 Å². The molecule has 15 nitrogen and oxygen atoms in total. The number of carbonyl (C=O) groups is 1. The highest BCUT2D eigenvalue weighted by molar-refractivity contribution is 6.06. The highest BCUT2D eigenvalue weighted by atomic mass is 19.1. The third-order valence-electron chi connectivity index (χ3n) is 11.6. The summed E-state index contributed by atoms with van der Waals surface area (Å²) in [5.41, 5.74) is 9.28. The van der Waals surface area contributed by atoms with Crippen LogP contribution in [0.15, 0.2) is 120 Å². The Kier molecular flexibility index (Phi) is 14.8. The molecular formula is C47H57FN11O4+. The van der Waals surface area contributed by atoms with E-state index in [1.807, 2.05) is 93.7 Å². The van der Waals surface area contributed by atoms with Gasteiger partial charge >= 0.3 is 6.03 Å². The smallest absolute Gasteiger partial charge is 0.327 e. The summed E-state index contributed by atoms with van der Waals surface area (Å²) in [5, 5.41) is 15.4. The predicted octanol–water partition coefficient (Wildman–Crippen LogP) is 6.00. The van der Waals surface area contributed by atoms with E-state index in [4.69, 9.17) is 25.4 Å². The number of halogens is 1. The zero-order chi connectivity index (χ0) is 44.2. The van der Waals surface area contributed by atoms with E-state index in [2.05, 4.69) is 42.3 Å². The highest BCUT2D eigenvalue weighted by Gasteiger charge is 2.44. The van der Waals surface area contributed by atoms with Crippen LogP contribution in [0.1, 0.15) is 37.8 Å². The van der Waals surface area contributed by atoms with E-state index in [0.717, 1.165) is 61.5 Å². The number of hydrogen-bond donors (Lipinski definition) is 3. The third kappa shape index (κ3) is 11.1. The number of aryl methyl sites for hydroxylation is 1. The summed E-state index contributed by atoms with van der Waals surface area (Å²) in [6.45, 7) is 8.70. The number of aliphatic imine (C=N–C) groups is 2. The molecule has 330 valence electrons. The number of benzene rings is 4. The van der Waals surface area contributed by atoms with E-state index in [9.17, 15) is 4.79 Å². The summed E-state index contributed by atoms with van der Waals surface area (Å²) >= 11 is 0. The number of piperazine rings is 1. The molecule has 1 aromatic heterocycles. The van der Waals surface area contributed by atoms with Crippen molar-refractivity contribution in [3.05, 3.63) is 127 Å². The minimum Gasteiger partial charge on any atom is -0.493 e. The van der Waals surface area contributed by atoms with Crippen LogP contribution in [-0.2, 0) is 28.7 Å². The van der Waals surface area contributed by atoms with Crippen LogP contribution in [-0.4, -0.2) is 92.9 Å². The zero-order valence-corrected chi connectivity index (χ0v) is 36.1. The lowest BCUT2D eigenvalue weighted by molar-refractivity contribution is -0.672. The molecule has 3 heterocycles. The molecule has 7 rings (SSSR count). The van der Waals surface area contributed by atoms with Gasteiger partial charge in [0.2, 0.25) is 6.33 Å². The van der Waals surface area contributed by atoms with Crippen molar-refractivity contribution in [2.24, 2.45) is 28.7 Å². The molecule has 0 radical (unpaired) electrons. The zero-order valence-electron chi connectivity index (χ0n) is 36.1. The van der Waals surface area contributed by atoms with Crippen molar-refractivity contribution < 1.29 is 28.0 Å². The first kappa shape index (κ1) is 44.4. The van der Waals surface area contributed by atoms with Crippen molar-refractivity contribution >= 4 is 42.1 Å². The molecule has 2 amide bonds. The SMILES string of the molecule is CC[C@H](NC(=O)N(C=N)c1ccc(N2CCN(c3ccc(OC[C@@H]4CO[C@@](CN=CN=CN)(c5ccc(-n6c[n+](C)cn6)cc5F)C4)cc3)CC2)cc1)[C@H](C)OCc1ccccc1. The van der Waals surface area contributed by atoms with E-state index < -0.39 is 11.4 Å². The second-order valence-electron chi connectivity index (χ2n) is 15.9. The fourth-order valence-corrected chi connectivity index (χ4v) is 8.11. The monoisotopic (exact) mass is 858 g/mol. The molecule has 0 unspecified atom stereocenters. The van der Waals surface area contributed by atoms with E-state index in [0.29, 0.717) is 49.6 Å². The number of rotatable bonds is 18. The summed E-state index contributed by atoms with van der Waals surface area (Å²) in [5.74, 6) is 0.350. The molecular weight excluding hydrogens is 802 g/mol. The summed E-state index contributed by atoms with van der Waals surface area (Å²) < 4.78 is 37.9. The van der Waals surface area contributed by atoms with Crippen LogP contribution >= 0.6 is 0 Å². The van der Waals surface area contributed by atoms with E-state index in [1.165, 1.54) is 17.3 Å². The van der Waals surface area contributed by atoms with Gasteiger partial charge in [-0.25, -0.2) is 18.7 Å². The van der Waals surface area contributed by atoms with Gasteiger partial charge in [-0.1, -0.05) is 41.9 Å². The lowest BCUT2D eigenvalue weighted by Gasteiger charge is -2.37. The van der Waals surface area contributed by atoms with Crippen LogP contribution in [0.25, 0.3) is 5.69 Å². The molecule has 0 spiro atoms. The number of carbonyl (C=O) groups excluding carboxylic acids is 1. The second-order valence-corrected chi connectivity index (χ2v) is 15.9. The average Bonchev–Trinajstić information content (AvgIpc) is 3.95. The summed E-state index contributed by atoms with van der Waals surface area (Å²) in [7, 11) is 1.85. The van der Waals surface area contributed by atoms with Gasteiger partial charge < -0.3 is 35.1 Å². The summed E-state index contributed by atoms with van der Waals surface area (Å²) in [6.07, 6.45) is 7.95. The van der Waals surface area contributed by atoms with Crippen molar-refractivity contribution in [2.75, 3.05) is 60.6 Å². The Labute approximate surface area is 368 Å². The number of aromatic nitrogens is 3. The standard InChI is InChI=1S/C47H56FN11O4/c1-4-45(35(2)61-26-36-8-6-5-7-9-36)54-46(60)58(31-50)40-12-10-38(11-13-40)56-20-22-57(23-21-56)39-14-17-42(18-15-39)62-27-37-25-47(63-28-37,29-51-32-52-30-49)43-19-16-41(24-44(43)48)59-34-55(3)33-53-59/h5-19,24,30-35,37,45,50H,4,20-23,25-29H2,1-3H3,(H2-,49,51,52,54,60)/p+1/t35-,37+,45-,47-/m0/s1. The van der Waals surface area contributed by atoms with Gasteiger partial charge in [0.05, 0.1) is 63.9 Å². The molecule has 5 aromatic rings. The maximum absolute atomic E-state index is 15.8. The second kappa shape index (κ2) is 20.9. The minimum atomic E-state index is -0.992. The Morgan fingerprint density at radius 2 is 1.73 bits per heavy atom. The first-order chi connectivity index (χ1) is 30.7. The molecule has 2 saturated heterocycles. The van der Waals surface area contributed by atoms with Gasteiger partial charge in [-0.3, -0.25) is 15.3 Å². The van der Waals surface area contributed by atoms with Crippen molar-refractivity contribution in [3.63, 3.8) is 0 Å². The fraction of sp³-hybridized carbons (Fsp3) is 0.362. The first-order valence-corrected chi connectivity index (χ1v) is 21.3. The van der Waals surface area contributed by atoms with Gasteiger partial charge in [0.25, 0.3) is 6.33 Å². The Morgan fingerprint density at radius 1 is 1.05 bits per heavy atom. The maximum Gasteiger partial charge on any atom is 0.327 e. The summed E-state index contributed by atoms with van der Waals surface area (Å²) in [4.78, 5) is 27.6. The third-order valence-corrected chi connectivity index (χ3v) is 11.6. The van der Waals surface area contributed by atoms with Crippen LogP contribution in [0.3, 0.4) is 0 Å². The van der Waals surface area contributed by atoms with Crippen LogP contribution in [0, 0.1) is 17.1 Å². The molecule has 4 atom stereocenters. The first-order valence-electron chi connectivity index (χ1n) is 21.3. The van der Waals surface area contributed by atoms with E-state index in [1.54, 1.807) is 28.0 Å². The van der Waals surface area contributed by atoms with Crippen LogP contribution < -0.4 is 35.1 Å². The number of ether oxygens (including phenoxy) is 3. The largest absolute Gasteiger partial charge is 0.493 e. The number of hydrogen-bond acceptors (Lipinski definition) is 9. The molecule has 4 N–H and O–H groups in total. The molecule has 0 aliphatic carbocycles.